The van der Waals surface area contributed by atoms with Gasteiger partial charge in [-0.2, -0.15) is 12.6 Å². The highest BCUT2D eigenvalue weighted by atomic mass is 32.1. The highest BCUT2D eigenvalue weighted by Gasteiger charge is 2.42. The van der Waals surface area contributed by atoms with E-state index in [1.165, 1.54) is 4.90 Å². The smallest absolute Gasteiger partial charge is 0.408 e. The van der Waals surface area contributed by atoms with Gasteiger partial charge >= 0.3 is 6.09 Å². The molecule has 0 heterocycles. The van der Waals surface area contributed by atoms with Crippen LogP contribution in [0.5, 0.6) is 11.5 Å². The highest BCUT2D eigenvalue weighted by Crippen LogP contribution is 2.36. The number of methoxy groups -OCH3 is 1. The molecule has 2 aromatic rings. The molecule has 2 atom stereocenters. The molecule has 0 aliphatic carbocycles. The summed E-state index contributed by atoms with van der Waals surface area (Å²) in [7, 11) is 1.54. The number of hydrogen-bond donors (Lipinski definition) is 4. The second-order valence-electron chi connectivity index (χ2n) is 10.9. The molecule has 2 rings (SSSR count). The zero-order chi connectivity index (χ0) is 28.8. The number of aromatic hydroxyl groups is 1. The molecule has 0 fully saturated rings. The van der Waals surface area contributed by atoms with E-state index in [-0.39, 0.29) is 17.1 Å². The summed E-state index contributed by atoms with van der Waals surface area (Å²) in [4.78, 5) is 41.7. The number of rotatable bonds is 8. The molecule has 0 aliphatic rings. The third-order valence-corrected chi connectivity index (χ3v) is 5.92. The monoisotopic (exact) mass is 545 g/mol. The van der Waals surface area contributed by atoms with Crippen molar-refractivity contribution in [3.05, 3.63) is 53.6 Å². The first-order chi connectivity index (χ1) is 17.6. The Morgan fingerprint density at radius 2 is 1.63 bits per heavy atom. The molecule has 0 radical (unpaired) electrons. The fourth-order valence-electron chi connectivity index (χ4n) is 3.83. The molecule has 3 amide bonds. The summed E-state index contributed by atoms with van der Waals surface area (Å²) >= 11 is 4.29. The van der Waals surface area contributed by atoms with Crippen molar-refractivity contribution in [2.24, 2.45) is 0 Å². The third-order valence-electron chi connectivity index (χ3n) is 5.56. The van der Waals surface area contributed by atoms with Crippen LogP contribution in [-0.4, -0.2) is 58.0 Å². The Morgan fingerprint density at radius 3 is 2.13 bits per heavy atom. The number of carbonyl (C=O) groups excluding carboxylic acids is 3. The molecule has 3 N–H and O–H groups in total. The van der Waals surface area contributed by atoms with E-state index in [2.05, 4.69) is 23.3 Å². The maximum Gasteiger partial charge on any atom is 0.408 e. The maximum absolute atomic E-state index is 14.0. The Kier molecular flexibility index (Phi) is 10.1. The van der Waals surface area contributed by atoms with Gasteiger partial charge in [0.15, 0.2) is 0 Å². The number of ether oxygens (including phenoxy) is 2. The molecule has 9 nitrogen and oxygen atoms in total. The normalized spacial score (nSPS) is 13.2. The van der Waals surface area contributed by atoms with Gasteiger partial charge in [-0.05, 0) is 78.3 Å². The lowest BCUT2D eigenvalue weighted by molar-refractivity contribution is -0.146. The van der Waals surface area contributed by atoms with Gasteiger partial charge in [0.2, 0.25) is 5.91 Å². The number of para-hydroxylation sites is 1. The van der Waals surface area contributed by atoms with Gasteiger partial charge in [0, 0.05) is 22.5 Å². The SMILES string of the molecule is COc1ccc(NC(=O)C(c2cccc(C)c2O)N(C(=O)C(CS)NC(=O)OC(C)(C)C)C(C)(C)C)cc1. The number of anilines is 1. The van der Waals surface area contributed by atoms with E-state index in [1.54, 1.807) is 98.0 Å². The van der Waals surface area contributed by atoms with Crippen LogP contribution in [0.25, 0.3) is 0 Å². The molecule has 208 valence electrons. The van der Waals surface area contributed by atoms with Crippen molar-refractivity contribution in [2.45, 2.75) is 71.7 Å². The summed E-state index contributed by atoms with van der Waals surface area (Å²) < 4.78 is 10.5. The molecular weight excluding hydrogens is 506 g/mol. The fourth-order valence-corrected chi connectivity index (χ4v) is 4.08. The first-order valence-electron chi connectivity index (χ1n) is 12.3. The summed E-state index contributed by atoms with van der Waals surface area (Å²) in [5, 5.41) is 16.4. The van der Waals surface area contributed by atoms with Crippen molar-refractivity contribution in [3.63, 3.8) is 0 Å². The molecule has 0 spiro atoms. The number of carbonyl (C=O) groups is 3. The number of aryl methyl sites for hydroxylation is 1. The van der Waals surface area contributed by atoms with E-state index in [0.717, 1.165) is 0 Å². The second-order valence-corrected chi connectivity index (χ2v) is 11.3. The molecule has 38 heavy (non-hydrogen) atoms. The van der Waals surface area contributed by atoms with Gasteiger partial charge in [-0.25, -0.2) is 4.79 Å². The quantitative estimate of drug-likeness (QED) is 0.353. The van der Waals surface area contributed by atoms with Crippen LogP contribution < -0.4 is 15.4 Å². The van der Waals surface area contributed by atoms with Crippen molar-refractivity contribution in [1.82, 2.24) is 10.2 Å². The Bertz CT molecular complexity index is 1140. The van der Waals surface area contributed by atoms with Crippen LogP contribution in [0, 0.1) is 6.92 Å². The molecule has 0 saturated carbocycles. The van der Waals surface area contributed by atoms with Gasteiger partial charge in [-0.1, -0.05) is 18.2 Å². The van der Waals surface area contributed by atoms with E-state index in [9.17, 15) is 19.5 Å². The molecule has 0 aliphatic heterocycles. The standard InChI is InChI=1S/C28H39N3O6S/c1-17-10-9-11-20(23(17)32)22(24(33)29-18-12-14-19(36-8)15-13-18)31(27(2,3)4)25(34)21(16-38)30-26(35)37-28(5,6)7/h9-15,21-22,32,38H,16H2,1-8H3,(H,29,33)(H,30,35). The average molecular weight is 546 g/mol. The number of amides is 3. The largest absolute Gasteiger partial charge is 0.507 e. The van der Waals surface area contributed by atoms with E-state index in [0.29, 0.717) is 17.0 Å². The zero-order valence-corrected chi connectivity index (χ0v) is 24.2. The van der Waals surface area contributed by atoms with Crippen molar-refractivity contribution < 1.29 is 29.0 Å². The molecule has 2 unspecified atom stereocenters. The minimum Gasteiger partial charge on any atom is -0.507 e. The summed E-state index contributed by atoms with van der Waals surface area (Å²) in [6.07, 6.45) is -0.781. The minimum absolute atomic E-state index is 0.0444. The molecule has 0 bridgehead atoms. The van der Waals surface area contributed by atoms with E-state index in [1.807, 2.05) is 0 Å². The van der Waals surface area contributed by atoms with Crippen molar-refractivity contribution >= 4 is 36.2 Å². The van der Waals surface area contributed by atoms with Gasteiger partial charge in [0.1, 0.15) is 29.2 Å². The first kappa shape index (κ1) is 30.8. The molecule has 10 heteroatoms. The number of phenols is 1. The van der Waals surface area contributed by atoms with Crippen LogP contribution in [-0.2, 0) is 14.3 Å². The Morgan fingerprint density at radius 1 is 1.03 bits per heavy atom. The second kappa shape index (κ2) is 12.4. The van der Waals surface area contributed by atoms with Crippen LogP contribution in [0.1, 0.15) is 58.7 Å². The van der Waals surface area contributed by atoms with E-state index in [4.69, 9.17) is 9.47 Å². The van der Waals surface area contributed by atoms with Crippen LogP contribution in [0.3, 0.4) is 0 Å². The number of hydrogen-bond acceptors (Lipinski definition) is 7. The predicted molar refractivity (Wildman–Crippen MR) is 151 cm³/mol. The Balaban J connectivity index is 2.57. The summed E-state index contributed by atoms with van der Waals surface area (Å²) in [5.74, 6) is -0.639. The molecule has 0 saturated heterocycles. The van der Waals surface area contributed by atoms with E-state index < -0.39 is 41.1 Å². The zero-order valence-electron chi connectivity index (χ0n) is 23.3. The lowest BCUT2D eigenvalue weighted by Gasteiger charge is -2.43. The minimum atomic E-state index is -1.24. The topological polar surface area (TPSA) is 117 Å². The van der Waals surface area contributed by atoms with Crippen LogP contribution in [0.2, 0.25) is 0 Å². The van der Waals surface area contributed by atoms with E-state index >= 15 is 0 Å². The summed E-state index contributed by atoms with van der Waals surface area (Å²) in [5.41, 5.74) is -0.414. The average Bonchev–Trinajstić information content (AvgIpc) is 2.81. The predicted octanol–water partition coefficient (Wildman–Crippen LogP) is 4.84. The Hall–Kier alpha value is -3.40. The van der Waals surface area contributed by atoms with Crippen molar-refractivity contribution in [1.29, 1.82) is 0 Å². The fraction of sp³-hybridized carbons (Fsp3) is 0.464. The van der Waals surface area contributed by atoms with Crippen LogP contribution in [0.15, 0.2) is 42.5 Å². The van der Waals surface area contributed by atoms with Gasteiger partial charge in [-0.15, -0.1) is 0 Å². The lowest BCUT2D eigenvalue weighted by Crippen LogP contribution is -2.58. The van der Waals surface area contributed by atoms with Crippen molar-refractivity contribution in [3.8, 4) is 11.5 Å². The summed E-state index contributed by atoms with van der Waals surface area (Å²) in [6, 6.07) is 9.42. The number of phenolic OH excluding ortho intramolecular Hbond substituents is 1. The molecular formula is C28H39N3O6S. The third kappa shape index (κ3) is 8.05. The number of nitrogens with zero attached hydrogens (tertiary/aromatic N) is 1. The maximum atomic E-state index is 14.0. The van der Waals surface area contributed by atoms with Crippen LogP contribution >= 0.6 is 12.6 Å². The van der Waals surface area contributed by atoms with Gasteiger partial charge in [0.25, 0.3) is 5.91 Å². The number of nitrogens with one attached hydrogen (secondary N) is 2. The number of benzene rings is 2. The van der Waals surface area contributed by atoms with Gasteiger partial charge in [-0.3, -0.25) is 9.59 Å². The van der Waals surface area contributed by atoms with Gasteiger partial charge in [0.05, 0.1) is 7.11 Å². The van der Waals surface area contributed by atoms with Gasteiger partial charge < -0.3 is 30.1 Å². The number of thiol groups is 1. The molecule has 2 aromatic carbocycles. The van der Waals surface area contributed by atoms with Crippen LogP contribution in [0.4, 0.5) is 10.5 Å². The Labute approximate surface area is 230 Å². The highest BCUT2D eigenvalue weighted by molar-refractivity contribution is 7.80. The first-order valence-corrected chi connectivity index (χ1v) is 12.9. The summed E-state index contributed by atoms with van der Waals surface area (Å²) in [6.45, 7) is 12.2. The van der Waals surface area contributed by atoms with Crippen molar-refractivity contribution in [2.75, 3.05) is 18.2 Å². The molecule has 0 aromatic heterocycles. The lowest BCUT2D eigenvalue weighted by atomic mass is 9.94. The number of alkyl carbamates (subject to hydrolysis) is 1.